The molecule has 0 spiro atoms. The SMILES string of the molecule is c1ccc(-c2cccc3c2c2ccccc2n3-c2ccc3c(c2)c2c([Si](c4ccccc4)(c4ccccc4)c4ccccc4)cccc2n3-c2cccc([Si](c3ccccc3)(c3ccccc3)c3ccc4c(c3)-c3ccccc3C4)c2)cc1. The number of para-hydroxylation sites is 1. The van der Waals surface area contributed by atoms with Crippen molar-refractivity contribution in [1.82, 2.24) is 9.13 Å². The van der Waals surface area contributed by atoms with Gasteiger partial charge in [0, 0.05) is 32.9 Å². The average molecular weight is 1090 g/mol. The summed E-state index contributed by atoms with van der Waals surface area (Å²) in [6.45, 7) is 0. The Labute approximate surface area is 486 Å². The predicted octanol–water partition coefficient (Wildman–Crippen LogP) is 13.9. The zero-order valence-electron chi connectivity index (χ0n) is 45.8. The molecule has 13 aromatic carbocycles. The number of nitrogens with zero attached hydrogens (tertiary/aromatic N) is 2. The second kappa shape index (κ2) is 19.9. The molecular formula is C79H56N2Si2. The van der Waals surface area contributed by atoms with E-state index < -0.39 is 16.1 Å². The lowest BCUT2D eigenvalue weighted by atomic mass is 9.99. The lowest BCUT2D eigenvalue weighted by Gasteiger charge is -2.35. The molecule has 0 aliphatic heterocycles. The van der Waals surface area contributed by atoms with Crippen molar-refractivity contribution in [3.8, 4) is 33.6 Å². The number of aromatic nitrogens is 2. The van der Waals surface area contributed by atoms with Gasteiger partial charge >= 0.3 is 0 Å². The molecule has 0 saturated heterocycles. The van der Waals surface area contributed by atoms with Crippen molar-refractivity contribution < 1.29 is 0 Å². The van der Waals surface area contributed by atoms with Crippen LogP contribution in [0.25, 0.3) is 77.2 Å². The van der Waals surface area contributed by atoms with E-state index >= 15 is 0 Å². The van der Waals surface area contributed by atoms with Gasteiger partial charge in [-0.05, 0) is 130 Å². The van der Waals surface area contributed by atoms with Crippen LogP contribution in [0.3, 0.4) is 0 Å². The van der Waals surface area contributed by atoms with Gasteiger partial charge in [0.1, 0.15) is 0 Å². The Morgan fingerprint density at radius 2 is 0.687 bits per heavy atom. The third-order valence-corrected chi connectivity index (χ3v) is 27.6. The maximum absolute atomic E-state index is 3.11. The molecule has 0 radical (unpaired) electrons. The zero-order chi connectivity index (χ0) is 54.9. The van der Waals surface area contributed by atoms with Crippen LogP contribution in [0.5, 0.6) is 0 Å². The first-order valence-corrected chi connectivity index (χ1v) is 33.0. The van der Waals surface area contributed by atoms with E-state index in [-0.39, 0.29) is 0 Å². The van der Waals surface area contributed by atoms with Crippen LogP contribution in [0.15, 0.2) is 328 Å². The Balaban J connectivity index is 1.02. The molecule has 0 unspecified atom stereocenters. The Morgan fingerprint density at radius 3 is 1.33 bits per heavy atom. The molecule has 0 fully saturated rings. The molecule has 390 valence electrons. The summed E-state index contributed by atoms with van der Waals surface area (Å²) in [4.78, 5) is 0. The smallest absolute Gasteiger partial charge is 0.180 e. The van der Waals surface area contributed by atoms with E-state index in [1.165, 1.54) is 113 Å². The van der Waals surface area contributed by atoms with E-state index in [0.29, 0.717) is 0 Å². The van der Waals surface area contributed by atoms with Gasteiger partial charge in [0.15, 0.2) is 16.1 Å². The highest BCUT2D eigenvalue weighted by Gasteiger charge is 2.45. The Morgan fingerprint density at radius 1 is 0.241 bits per heavy atom. The van der Waals surface area contributed by atoms with E-state index in [9.17, 15) is 0 Å². The first-order valence-electron chi connectivity index (χ1n) is 29.0. The average Bonchev–Trinajstić information content (AvgIpc) is 4.42. The first kappa shape index (κ1) is 48.8. The third-order valence-electron chi connectivity index (χ3n) is 18.0. The molecule has 0 bridgehead atoms. The van der Waals surface area contributed by atoms with Crippen molar-refractivity contribution in [2.24, 2.45) is 0 Å². The van der Waals surface area contributed by atoms with Crippen LogP contribution in [0, 0.1) is 0 Å². The summed E-state index contributed by atoms with van der Waals surface area (Å²) in [6, 6.07) is 124. The summed E-state index contributed by atoms with van der Waals surface area (Å²) in [5.41, 5.74) is 14.9. The molecule has 0 amide bonds. The standard InChI is InChI=1S/C79H56N2Si2/c1-7-26-56(27-8-1)69-43-24-45-75-78(69)70-42-21-22-44-73(70)81(75)60-49-51-74-72(54-60)79-76(46-25-47-77(79)83(63-34-13-4-14-35-63,64-36-15-5-16-37-64)65-38-17-6-18-39-65)80(74)59-29-23-40-66(53-59)82(61-30-9-2-10-31-61,62-32-11-3-12-33-62)67-50-48-58-52-57-28-19-20-41-68(57)71(58)55-67/h1-51,53-55H,52H2. The molecule has 1 aliphatic rings. The molecule has 0 N–H and O–H groups in total. The minimum Gasteiger partial charge on any atom is -0.309 e. The quantitative estimate of drug-likeness (QED) is 0.0902. The van der Waals surface area contributed by atoms with Gasteiger partial charge in [0.2, 0.25) is 0 Å². The van der Waals surface area contributed by atoms with Gasteiger partial charge in [0.25, 0.3) is 0 Å². The predicted molar refractivity (Wildman–Crippen MR) is 356 cm³/mol. The number of benzene rings is 13. The molecule has 83 heavy (non-hydrogen) atoms. The molecule has 0 atom stereocenters. The van der Waals surface area contributed by atoms with Gasteiger partial charge in [-0.15, -0.1) is 0 Å². The molecule has 0 saturated carbocycles. The molecule has 4 heteroatoms. The van der Waals surface area contributed by atoms with Crippen LogP contribution in [0.2, 0.25) is 0 Å². The first-order chi connectivity index (χ1) is 41.2. The highest BCUT2D eigenvalue weighted by Crippen LogP contribution is 2.41. The van der Waals surface area contributed by atoms with Crippen molar-refractivity contribution in [3.05, 3.63) is 339 Å². The zero-order valence-corrected chi connectivity index (χ0v) is 47.8. The van der Waals surface area contributed by atoms with Crippen LogP contribution >= 0.6 is 0 Å². The summed E-state index contributed by atoms with van der Waals surface area (Å²) in [6.07, 6.45) is 0.957. The number of rotatable bonds is 11. The van der Waals surface area contributed by atoms with Gasteiger partial charge < -0.3 is 9.13 Å². The van der Waals surface area contributed by atoms with Gasteiger partial charge in [-0.3, -0.25) is 0 Å². The lowest BCUT2D eigenvalue weighted by molar-refractivity contribution is 1.17. The Bertz CT molecular complexity index is 4780. The molecule has 2 nitrogen and oxygen atoms in total. The lowest BCUT2D eigenvalue weighted by Crippen LogP contribution is -2.74. The minimum absolute atomic E-state index is 0.957. The highest BCUT2D eigenvalue weighted by molar-refractivity contribution is 7.21. The number of fused-ring (bicyclic) bond motifs is 9. The van der Waals surface area contributed by atoms with Crippen molar-refractivity contribution in [2.45, 2.75) is 6.42 Å². The van der Waals surface area contributed by atoms with Crippen LogP contribution in [0.1, 0.15) is 11.1 Å². The largest absolute Gasteiger partial charge is 0.309 e. The third kappa shape index (κ3) is 7.54. The summed E-state index contributed by atoms with van der Waals surface area (Å²) < 4.78 is 5.10. The molecular weight excluding hydrogens is 1030 g/mol. The normalized spacial score (nSPS) is 12.3. The van der Waals surface area contributed by atoms with Crippen LogP contribution in [-0.4, -0.2) is 25.3 Å². The number of hydrogen-bond donors (Lipinski definition) is 0. The van der Waals surface area contributed by atoms with E-state index in [2.05, 4.69) is 337 Å². The minimum atomic E-state index is -3.11. The van der Waals surface area contributed by atoms with Crippen LogP contribution in [-0.2, 0) is 6.42 Å². The van der Waals surface area contributed by atoms with Gasteiger partial charge in [-0.1, -0.05) is 279 Å². The van der Waals surface area contributed by atoms with Crippen molar-refractivity contribution in [1.29, 1.82) is 0 Å². The Hall–Kier alpha value is -10.1. The maximum Gasteiger partial charge on any atom is 0.180 e. The van der Waals surface area contributed by atoms with E-state index in [4.69, 9.17) is 0 Å². The topological polar surface area (TPSA) is 9.86 Å². The van der Waals surface area contributed by atoms with Crippen molar-refractivity contribution in [2.75, 3.05) is 0 Å². The van der Waals surface area contributed by atoms with Crippen LogP contribution in [0.4, 0.5) is 0 Å². The molecule has 16 rings (SSSR count). The molecule has 2 aromatic heterocycles. The molecule has 1 aliphatic carbocycles. The molecule has 15 aromatic rings. The summed E-state index contributed by atoms with van der Waals surface area (Å²) in [5, 5.41) is 15.8. The fourth-order valence-corrected chi connectivity index (χ4v) is 24.4. The van der Waals surface area contributed by atoms with Crippen LogP contribution < -0.4 is 41.5 Å². The summed E-state index contributed by atoms with van der Waals surface area (Å²) >= 11 is 0. The maximum atomic E-state index is 2.59. The second-order valence-corrected chi connectivity index (χ2v) is 29.8. The summed E-state index contributed by atoms with van der Waals surface area (Å²) in [5.74, 6) is 0. The van der Waals surface area contributed by atoms with Crippen molar-refractivity contribution in [3.63, 3.8) is 0 Å². The van der Waals surface area contributed by atoms with Gasteiger partial charge in [-0.2, -0.15) is 0 Å². The van der Waals surface area contributed by atoms with Gasteiger partial charge in [0.05, 0.1) is 22.1 Å². The fourth-order valence-electron chi connectivity index (χ4n) is 14.6. The summed E-state index contributed by atoms with van der Waals surface area (Å²) in [7, 11) is -6.16. The fraction of sp³-hybridized carbons (Fsp3) is 0.0127. The monoisotopic (exact) mass is 1090 g/mol. The highest BCUT2D eigenvalue weighted by atomic mass is 28.3. The van der Waals surface area contributed by atoms with E-state index in [0.717, 1.165) is 23.3 Å². The Kier molecular flexibility index (Phi) is 11.7. The molecule has 2 heterocycles. The van der Waals surface area contributed by atoms with Crippen molar-refractivity contribution >= 4 is 101 Å². The second-order valence-electron chi connectivity index (χ2n) is 22.2. The van der Waals surface area contributed by atoms with E-state index in [1.807, 2.05) is 0 Å². The van der Waals surface area contributed by atoms with Gasteiger partial charge in [-0.25, -0.2) is 0 Å². The number of hydrogen-bond acceptors (Lipinski definition) is 0. The van der Waals surface area contributed by atoms with E-state index in [1.54, 1.807) is 0 Å².